The van der Waals surface area contributed by atoms with E-state index in [9.17, 15) is 9.59 Å². The fraction of sp³-hybridized carbons (Fsp3) is 0.360. The van der Waals surface area contributed by atoms with Crippen molar-refractivity contribution >= 4 is 16.8 Å². The first-order valence-electron chi connectivity index (χ1n) is 10.5. The second-order valence-corrected chi connectivity index (χ2v) is 8.39. The van der Waals surface area contributed by atoms with Crippen LogP contribution in [0.2, 0.25) is 0 Å². The SMILES string of the molecule is COc1cc2c(cc1OC)[C@@H](c1cc3cc(C)ccc3[nH]c1=O)N(C(=O)C(C)C)CC2. The topological polar surface area (TPSA) is 71.6 Å². The molecule has 1 aliphatic heterocycles. The molecule has 0 saturated carbocycles. The first kappa shape index (κ1) is 21.0. The van der Waals surface area contributed by atoms with Gasteiger partial charge in [-0.3, -0.25) is 9.59 Å². The Labute approximate surface area is 181 Å². The van der Waals surface area contributed by atoms with Crippen molar-refractivity contribution < 1.29 is 14.3 Å². The van der Waals surface area contributed by atoms with Gasteiger partial charge in [0.15, 0.2) is 11.5 Å². The highest BCUT2D eigenvalue weighted by Crippen LogP contribution is 2.41. The molecule has 0 bridgehead atoms. The van der Waals surface area contributed by atoms with E-state index in [0.29, 0.717) is 30.0 Å². The summed E-state index contributed by atoms with van der Waals surface area (Å²) >= 11 is 0. The molecule has 0 fully saturated rings. The van der Waals surface area contributed by atoms with Gasteiger partial charge in [0.2, 0.25) is 5.91 Å². The molecule has 1 atom stereocenters. The monoisotopic (exact) mass is 420 g/mol. The maximum Gasteiger partial charge on any atom is 0.254 e. The van der Waals surface area contributed by atoms with Crippen LogP contribution >= 0.6 is 0 Å². The molecule has 1 aliphatic rings. The van der Waals surface area contributed by atoms with E-state index < -0.39 is 6.04 Å². The molecule has 6 heteroatoms. The Bertz CT molecular complexity index is 1210. The minimum absolute atomic E-state index is 0.0224. The van der Waals surface area contributed by atoms with Crippen LogP contribution in [0.4, 0.5) is 0 Å². The number of pyridine rings is 1. The molecule has 0 unspecified atom stereocenters. The van der Waals surface area contributed by atoms with E-state index in [2.05, 4.69) is 4.98 Å². The molecule has 1 N–H and O–H groups in total. The van der Waals surface area contributed by atoms with Crippen molar-refractivity contribution in [3.05, 3.63) is 69.0 Å². The van der Waals surface area contributed by atoms with Gasteiger partial charge in [-0.05, 0) is 60.2 Å². The Morgan fingerprint density at radius 3 is 2.45 bits per heavy atom. The molecular weight excluding hydrogens is 392 g/mol. The summed E-state index contributed by atoms with van der Waals surface area (Å²) in [5.74, 6) is 1.07. The van der Waals surface area contributed by atoms with Crippen LogP contribution in [0.25, 0.3) is 10.9 Å². The number of H-pyrrole nitrogens is 1. The quantitative estimate of drug-likeness (QED) is 0.693. The summed E-state index contributed by atoms with van der Waals surface area (Å²) < 4.78 is 11.0. The van der Waals surface area contributed by atoms with Crippen molar-refractivity contribution in [1.82, 2.24) is 9.88 Å². The molecule has 4 rings (SSSR count). The van der Waals surface area contributed by atoms with Gasteiger partial charge in [0.1, 0.15) is 0 Å². The number of amides is 1. The summed E-state index contributed by atoms with van der Waals surface area (Å²) in [6, 6.07) is 11.2. The number of nitrogens with zero attached hydrogens (tertiary/aromatic N) is 1. The van der Waals surface area contributed by atoms with Gasteiger partial charge in [0, 0.05) is 23.5 Å². The second-order valence-electron chi connectivity index (χ2n) is 8.39. The number of rotatable bonds is 4. The van der Waals surface area contributed by atoms with Gasteiger partial charge in [-0.15, -0.1) is 0 Å². The molecular formula is C25H28N2O4. The number of nitrogens with one attached hydrogen (secondary N) is 1. The number of benzene rings is 2. The lowest BCUT2D eigenvalue weighted by Crippen LogP contribution is -2.44. The number of aromatic amines is 1. The van der Waals surface area contributed by atoms with Crippen molar-refractivity contribution in [2.75, 3.05) is 20.8 Å². The van der Waals surface area contributed by atoms with Gasteiger partial charge in [0.25, 0.3) is 5.56 Å². The number of carbonyl (C=O) groups excluding carboxylic acids is 1. The fourth-order valence-electron chi connectivity index (χ4n) is 4.40. The van der Waals surface area contributed by atoms with Crippen LogP contribution in [0.1, 0.15) is 42.1 Å². The van der Waals surface area contributed by atoms with E-state index >= 15 is 0 Å². The predicted molar refractivity (Wildman–Crippen MR) is 121 cm³/mol. The van der Waals surface area contributed by atoms with Crippen LogP contribution in [-0.4, -0.2) is 36.6 Å². The highest BCUT2D eigenvalue weighted by Gasteiger charge is 2.35. The van der Waals surface area contributed by atoms with Crippen LogP contribution in [-0.2, 0) is 11.2 Å². The predicted octanol–water partition coefficient (Wildman–Crippen LogP) is 3.98. The second kappa shape index (κ2) is 8.10. The van der Waals surface area contributed by atoms with E-state index in [0.717, 1.165) is 27.6 Å². The van der Waals surface area contributed by atoms with Crippen LogP contribution in [0, 0.1) is 12.8 Å². The van der Waals surface area contributed by atoms with Gasteiger partial charge in [-0.1, -0.05) is 25.5 Å². The molecule has 0 spiro atoms. The van der Waals surface area contributed by atoms with Crippen molar-refractivity contribution in [2.45, 2.75) is 33.2 Å². The smallest absolute Gasteiger partial charge is 0.254 e. The lowest BCUT2D eigenvalue weighted by atomic mass is 9.87. The van der Waals surface area contributed by atoms with E-state index in [4.69, 9.17) is 9.47 Å². The highest BCUT2D eigenvalue weighted by atomic mass is 16.5. The van der Waals surface area contributed by atoms with Crippen molar-refractivity contribution in [1.29, 1.82) is 0 Å². The normalized spacial score (nSPS) is 15.8. The molecule has 2 aromatic carbocycles. The van der Waals surface area contributed by atoms with Crippen LogP contribution in [0.15, 0.2) is 41.2 Å². The maximum atomic E-state index is 13.2. The third-order valence-corrected chi connectivity index (χ3v) is 5.97. The molecule has 1 aromatic heterocycles. The van der Waals surface area contributed by atoms with Gasteiger partial charge in [0.05, 0.1) is 20.3 Å². The Hall–Kier alpha value is -3.28. The fourth-order valence-corrected chi connectivity index (χ4v) is 4.40. The van der Waals surface area contributed by atoms with E-state index in [1.54, 1.807) is 14.2 Å². The third kappa shape index (κ3) is 3.67. The van der Waals surface area contributed by atoms with Gasteiger partial charge < -0.3 is 19.4 Å². The van der Waals surface area contributed by atoms with E-state index in [1.807, 2.05) is 62.1 Å². The number of hydrogen-bond acceptors (Lipinski definition) is 4. The zero-order chi connectivity index (χ0) is 22.3. The number of fused-ring (bicyclic) bond motifs is 2. The Morgan fingerprint density at radius 1 is 1.06 bits per heavy atom. The summed E-state index contributed by atoms with van der Waals surface area (Å²) in [5.41, 5.74) is 4.21. The molecule has 1 amide bonds. The summed E-state index contributed by atoms with van der Waals surface area (Å²) in [5, 5.41) is 0.944. The third-order valence-electron chi connectivity index (χ3n) is 5.97. The number of hydrogen-bond donors (Lipinski definition) is 1. The highest BCUT2D eigenvalue weighted by molar-refractivity contribution is 5.82. The average molecular weight is 421 g/mol. The maximum absolute atomic E-state index is 13.2. The van der Waals surface area contributed by atoms with E-state index in [-0.39, 0.29) is 17.4 Å². The summed E-state index contributed by atoms with van der Waals surface area (Å²) in [7, 11) is 3.19. The number of methoxy groups -OCH3 is 2. The average Bonchev–Trinajstić information content (AvgIpc) is 2.76. The lowest BCUT2D eigenvalue weighted by molar-refractivity contribution is -0.136. The molecule has 0 saturated heterocycles. The van der Waals surface area contributed by atoms with E-state index in [1.165, 1.54) is 0 Å². The van der Waals surface area contributed by atoms with Gasteiger partial charge >= 0.3 is 0 Å². The van der Waals surface area contributed by atoms with Crippen molar-refractivity contribution in [3.8, 4) is 11.5 Å². The number of carbonyl (C=O) groups is 1. The lowest BCUT2D eigenvalue weighted by Gasteiger charge is -2.38. The van der Waals surface area contributed by atoms with Gasteiger partial charge in [-0.25, -0.2) is 0 Å². The molecule has 0 radical (unpaired) electrons. The first-order valence-corrected chi connectivity index (χ1v) is 10.5. The zero-order valence-electron chi connectivity index (χ0n) is 18.6. The van der Waals surface area contributed by atoms with Crippen molar-refractivity contribution in [2.24, 2.45) is 5.92 Å². The summed E-state index contributed by atoms with van der Waals surface area (Å²) in [6.45, 7) is 6.33. The molecule has 162 valence electrons. The first-order chi connectivity index (χ1) is 14.8. The standard InChI is InChI=1S/C25H28N2O4/c1-14(2)25(29)27-9-8-16-12-21(30-4)22(31-5)13-18(16)23(27)19-11-17-10-15(3)6-7-20(17)26-24(19)28/h6-7,10-14,23H,8-9H2,1-5H3,(H,26,28)/t23-/m0/s1. The molecule has 31 heavy (non-hydrogen) atoms. The van der Waals surface area contributed by atoms with Crippen LogP contribution < -0.4 is 15.0 Å². The number of aryl methyl sites for hydroxylation is 1. The largest absolute Gasteiger partial charge is 0.493 e. The Balaban J connectivity index is 1.98. The summed E-state index contributed by atoms with van der Waals surface area (Å²) in [4.78, 5) is 31.2. The Kier molecular flexibility index (Phi) is 5.48. The zero-order valence-corrected chi connectivity index (χ0v) is 18.6. The summed E-state index contributed by atoms with van der Waals surface area (Å²) in [6.07, 6.45) is 0.690. The number of ether oxygens (including phenoxy) is 2. The van der Waals surface area contributed by atoms with Crippen LogP contribution in [0.3, 0.4) is 0 Å². The minimum Gasteiger partial charge on any atom is -0.493 e. The molecule has 0 aliphatic carbocycles. The van der Waals surface area contributed by atoms with Crippen molar-refractivity contribution in [3.63, 3.8) is 0 Å². The molecule has 6 nitrogen and oxygen atoms in total. The molecule has 2 heterocycles. The minimum atomic E-state index is -0.493. The molecule has 3 aromatic rings. The number of aromatic nitrogens is 1. The van der Waals surface area contributed by atoms with Crippen LogP contribution in [0.5, 0.6) is 11.5 Å². The van der Waals surface area contributed by atoms with Gasteiger partial charge in [-0.2, -0.15) is 0 Å². The Morgan fingerprint density at radius 2 is 1.77 bits per heavy atom.